The van der Waals surface area contributed by atoms with E-state index in [-0.39, 0.29) is 60.7 Å². The fourth-order valence-electron chi connectivity index (χ4n) is 8.34. The molecule has 0 spiro atoms. The maximum atomic E-state index is 13.1. The SMILES string of the molecule is [2H]C(C)(C)c1cc(-n2c(-c3cc(C(C([2H])([2H])[2H])(C([2H])([2H])[2H])C([2H])([2H])[2H])cc(C(C([2H])([2H])[2H])(C([2H])([2H])[2H])C([2H])([2H])[2H])c3O)nc3c(-c4[c-]c(-c5cc(-c6ccc(C(C([2H])([2H])[2H])(C([2H])([2H])[2H])C([2H])([2H])[2H])cc6)ccn5)cc(-c5ccccc5)c4)cccc32)ccc1-c1ccccc1.[Pt]. The molecule has 2 aromatic heterocycles. The van der Waals surface area contributed by atoms with Crippen LogP contribution in [-0.2, 0) is 37.3 Å². The van der Waals surface area contributed by atoms with Crippen LogP contribution in [0.3, 0.4) is 0 Å². The molecule has 9 aromatic rings. The molecule has 0 radical (unpaired) electrons. The molecule has 346 valence electrons. The summed E-state index contributed by atoms with van der Waals surface area (Å²) in [4.78, 5) is 9.77. The quantitative estimate of drug-likeness (QED) is 0.154. The van der Waals surface area contributed by atoms with E-state index in [2.05, 4.69) is 11.1 Å². The van der Waals surface area contributed by atoms with Crippen molar-refractivity contribution in [3.8, 4) is 78.6 Å². The molecule has 7 aromatic carbocycles. The van der Waals surface area contributed by atoms with E-state index in [1.165, 1.54) is 22.9 Å². The van der Waals surface area contributed by atoms with Gasteiger partial charge in [0.05, 0.1) is 16.6 Å². The summed E-state index contributed by atoms with van der Waals surface area (Å²) in [6.07, 6.45) is 1.45. The molecule has 5 heteroatoms. The predicted octanol–water partition coefficient (Wildman–Crippen LogP) is 16.9. The molecule has 0 unspecified atom stereocenters. The van der Waals surface area contributed by atoms with Crippen LogP contribution in [0, 0.1) is 6.07 Å². The van der Waals surface area contributed by atoms with Crippen LogP contribution in [0.2, 0.25) is 0 Å². The topological polar surface area (TPSA) is 50.9 Å². The van der Waals surface area contributed by atoms with Gasteiger partial charge < -0.3 is 5.11 Å². The molecule has 2 heterocycles. The summed E-state index contributed by atoms with van der Waals surface area (Å²) >= 11 is 0. The normalized spacial score (nSPS) is 20.0. The summed E-state index contributed by atoms with van der Waals surface area (Å²) in [7, 11) is 0. The number of phenols is 1. The van der Waals surface area contributed by atoms with Gasteiger partial charge in [-0.15, -0.1) is 23.8 Å². The van der Waals surface area contributed by atoms with E-state index >= 15 is 0 Å². The Hall–Kier alpha value is -6.35. The van der Waals surface area contributed by atoms with Gasteiger partial charge in [-0.25, -0.2) is 4.98 Å². The Morgan fingerprint density at radius 1 is 0.559 bits per heavy atom. The largest absolute Gasteiger partial charge is 0.507 e. The number of aromatic nitrogens is 3. The summed E-state index contributed by atoms with van der Waals surface area (Å²) < 4.78 is 243. The first-order chi connectivity index (χ1) is 43.4. The first-order valence-corrected chi connectivity index (χ1v) is 21.2. The van der Waals surface area contributed by atoms with E-state index in [1.54, 1.807) is 123 Å². The fourth-order valence-corrected chi connectivity index (χ4v) is 8.34. The minimum atomic E-state index is -4.24. The Labute approximate surface area is 457 Å². The first-order valence-electron chi connectivity index (χ1n) is 35.2. The van der Waals surface area contributed by atoms with Crippen molar-refractivity contribution in [3.63, 3.8) is 0 Å². The molecule has 1 N–H and O–H groups in total. The average molecular weight is 1100 g/mol. The van der Waals surface area contributed by atoms with Gasteiger partial charge in [0.1, 0.15) is 11.6 Å². The van der Waals surface area contributed by atoms with Crippen molar-refractivity contribution in [2.75, 3.05) is 0 Å². The van der Waals surface area contributed by atoms with Crippen LogP contribution in [0.1, 0.15) is 142 Å². The Kier molecular flexibility index (Phi) is 6.65. The van der Waals surface area contributed by atoms with Crippen LogP contribution < -0.4 is 0 Å². The molecule has 0 aliphatic heterocycles. The maximum absolute atomic E-state index is 13.1. The number of nitrogens with zero attached hydrogens (tertiary/aromatic N) is 3. The second kappa shape index (κ2) is 18.6. The maximum Gasteiger partial charge on any atom is 0.148 e. The number of phenolic OH excluding ortho intramolecular Hbond substituents is 1. The minimum absolute atomic E-state index is 0. The number of hydrogen-bond acceptors (Lipinski definition) is 3. The summed E-state index contributed by atoms with van der Waals surface area (Å²) in [6, 6.07) is 43.6. The smallest absolute Gasteiger partial charge is 0.148 e. The van der Waals surface area contributed by atoms with E-state index in [9.17, 15) is 6.48 Å². The van der Waals surface area contributed by atoms with Crippen molar-refractivity contribution in [3.05, 3.63) is 192 Å². The Bertz CT molecular complexity index is 4230. The first kappa shape index (κ1) is 24.3. The molecular formula is C63H62N3OPt-. The van der Waals surface area contributed by atoms with Crippen molar-refractivity contribution in [1.82, 2.24) is 14.5 Å². The molecule has 0 amide bonds. The number of para-hydroxylation sites is 1. The molecule has 0 fully saturated rings. The molecule has 0 atom stereocenters. The summed E-state index contributed by atoms with van der Waals surface area (Å²) in [5, 5.41) is 13.1. The van der Waals surface area contributed by atoms with Crippen molar-refractivity contribution in [2.24, 2.45) is 0 Å². The van der Waals surface area contributed by atoms with Gasteiger partial charge in [-0.05, 0) is 97.0 Å². The third-order valence-corrected chi connectivity index (χ3v) is 11.7. The minimum Gasteiger partial charge on any atom is -0.507 e. The summed E-state index contributed by atoms with van der Waals surface area (Å²) in [5.41, 5.74) is -11.0. The average Bonchev–Trinajstić information content (AvgIpc) is 0.862. The van der Waals surface area contributed by atoms with E-state index in [1.807, 2.05) is 12.1 Å². The van der Waals surface area contributed by atoms with Crippen LogP contribution in [0.4, 0.5) is 0 Å². The molecule has 68 heavy (non-hydrogen) atoms. The third-order valence-electron chi connectivity index (χ3n) is 11.7. The van der Waals surface area contributed by atoms with E-state index in [4.69, 9.17) is 42.0 Å². The van der Waals surface area contributed by atoms with Gasteiger partial charge in [-0.1, -0.05) is 207 Å². The second-order valence-corrected chi connectivity index (χ2v) is 16.8. The summed E-state index contributed by atoms with van der Waals surface area (Å²) in [5.74, 6) is -3.48. The monoisotopic (exact) mass is 1100 g/mol. The Morgan fingerprint density at radius 2 is 1.21 bits per heavy atom. The van der Waals surface area contributed by atoms with Crippen LogP contribution >= 0.6 is 0 Å². The van der Waals surface area contributed by atoms with Crippen LogP contribution in [-0.4, -0.2) is 19.6 Å². The van der Waals surface area contributed by atoms with Gasteiger partial charge in [0.2, 0.25) is 0 Å². The number of rotatable bonds is 8. The van der Waals surface area contributed by atoms with E-state index < -0.39 is 118 Å². The van der Waals surface area contributed by atoms with Crippen LogP contribution in [0.15, 0.2) is 164 Å². The zero-order chi connectivity index (χ0) is 70.8. The number of benzene rings is 7. The third kappa shape index (κ3) is 9.54. The van der Waals surface area contributed by atoms with E-state index in [0.29, 0.717) is 50.6 Å². The predicted molar refractivity (Wildman–Crippen MR) is 282 cm³/mol. The Balaban J connectivity index is 0.0000118. The molecule has 0 aliphatic rings. The number of pyridine rings is 1. The zero-order valence-electron chi connectivity index (χ0n) is 64.7. The van der Waals surface area contributed by atoms with Crippen molar-refractivity contribution in [1.29, 1.82) is 0 Å². The molecule has 0 saturated heterocycles. The zero-order valence-corrected chi connectivity index (χ0v) is 39.0. The fraction of sp³-hybridized carbons (Fsp3) is 0.238. The molecule has 0 saturated carbocycles. The molecule has 4 nitrogen and oxygen atoms in total. The van der Waals surface area contributed by atoms with Crippen LogP contribution in [0.25, 0.3) is 83.9 Å². The molecule has 0 bridgehead atoms. The molecule has 0 aliphatic carbocycles. The van der Waals surface area contributed by atoms with Gasteiger partial charge in [0.15, 0.2) is 0 Å². The van der Waals surface area contributed by atoms with Crippen molar-refractivity contribution < 1.29 is 64.6 Å². The van der Waals surface area contributed by atoms with Gasteiger partial charge in [-0.2, -0.15) is 0 Å². The van der Waals surface area contributed by atoms with E-state index in [0.717, 1.165) is 12.1 Å². The van der Waals surface area contributed by atoms with Gasteiger partial charge in [0, 0.05) is 82.6 Å². The number of imidazole rings is 1. The van der Waals surface area contributed by atoms with Gasteiger partial charge >= 0.3 is 0 Å². The van der Waals surface area contributed by atoms with Crippen LogP contribution in [0.5, 0.6) is 5.75 Å². The van der Waals surface area contributed by atoms with Crippen molar-refractivity contribution in [2.45, 2.75) is 97.7 Å². The molecular weight excluding hydrogens is 1010 g/mol. The second-order valence-electron chi connectivity index (χ2n) is 16.8. The van der Waals surface area contributed by atoms with Gasteiger partial charge in [-0.3, -0.25) is 9.55 Å². The van der Waals surface area contributed by atoms with Gasteiger partial charge in [0.25, 0.3) is 0 Å². The number of fused-ring (bicyclic) bond motifs is 1. The van der Waals surface area contributed by atoms with Crippen molar-refractivity contribution >= 4 is 11.0 Å². The number of hydrogen-bond donors (Lipinski definition) is 1. The summed E-state index contributed by atoms with van der Waals surface area (Å²) in [6.45, 7) is -32.4. The molecule has 9 rings (SSSR count). The Morgan fingerprint density at radius 3 is 1.88 bits per heavy atom. The standard InChI is InChI=1S/C63H62N3O.Pt/c1-40(2)53-39-50(29-30-51(53)43-21-16-13-17-22-43)66-57-24-18-23-52(58(57)65-60(66)54-37-49(62(6,7)8)38-55(59(54)67)63(9,10)11)46-33-45(41-19-14-12-15-20-41)34-47(35-46)56-36-44(31-32-64-56)42-25-27-48(28-26-42)61(3,4)5;/h12-34,36-40,67H,1-11H3;/q-1;/i3D3,4D3,5D3,6D3,7D3,8D3,9D3,10D3,11D3,40D;. The number of aromatic hydroxyl groups is 1.